The Kier molecular flexibility index (Phi) is 27.4. The molecular formula is C39H65O13P. The van der Waals surface area contributed by atoms with Crippen LogP contribution >= 0.6 is 7.82 Å². The summed E-state index contributed by atoms with van der Waals surface area (Å²) in [5, 5.41) is 49.9. The van der Waals surface area contributed by atoms with Crippen molar-refractivity contribution >= 4 is 19.8 Å². The van der Waals surface area contributed by atoms with Gasteiger partial charge in [0.1, 0.15) is 43.2 Å². The maximum absolute atomic E-state index is 12.7. The van der Waals surface area contributed by atoms with E-state index in [-0.39, 0.29) is 12.8 Å². The largest absolute Gasteiger partial charge is 0.472 e. The molecule has 0 bridgehead atoms. The molecule has 53 heavy (non-hydrogen) atoms. The second kappa shape index (κ2) is 29.9. The van der Waals surface area contributed by atoms with E-state index < -0.39 is 75.7 Å². The molecule has 6 N–H and O–H groups in total. The van der Waals surface area contributed by atoms with Crippen LogP contribution in [0, 0.1) is 0 Å². The van der Waals surface area contributed by atoms with Crippen molar-refractivity contribution in [2.45, 2.75) is 159 Å². The monoisotopic (exact) mass is 772 g/mol. The summed E-state index contributed by atoms with van der Waals surface area (Å²) in [6, 6.07) is 0. The summed E-state index contributed by atoms with van der Waals surface area (Å²) < 4.78 is 33.2. The first-order chi connectivity index (χ1) is 25.4. The van der Waals surface area contributed by atoms with E-state index in [1.165, 1.54) is 12.8 Å². The standard InChI is InChI=1S/C39H65O13P/c1-3-5-7-9-11-13-15-16-18-20-22-24-26-28-33(41)51-31(29-49-32(40)27-25-23-21-19-17-14-12-10-8-6-4-2)30-50-53(47,48)52-39-37(45)35(43)34(42)36(44)38(39)46/h5,7,10-13,16,18,22,24,31,34-39,42-46H,3-4,6,8-9,14-15,17,19-21,23,25-30H2,1-2H3,(H,47,48)/b7-5-,12-10-,13-11-,18-16-,24-22-. The molecule has 0 radical (unpaired) electrons. The second-order valence-electron chi connectivity index (χ2n) is 13.0. The third kappa shape index (κ3) is 23.2. The molecule has 0 aromatic carbocycles. The molecule has 6 atom stereocenters. The minimum atomic E-state index is -5.13. The van der Waals surface area contributed by atoms with E-state index in [1.54, 1.807) is 0 Å². The quantitative estimate of drug-likeness (QED) is 0.0229. The lowest BCUT2D eigenvalue weighted by molar-refractivity contribution is -0.220. The molecule has 0 aliphatic heterocycles. The predicted molar refractivity (Wildman–Crippen MR) is 202 cm³/mol. The summed E-state index contributed by atoms with van der Waals surface area (Å²) in [6.45, 7) is 3.02. The Balaban J connectivity index is 2.62. The molecule has 0 aromatic rings. The number of allylic oxidation sites excluding steroid dienone is 10. The molecule has 1 rings (SSSR count). The topological polar surface area (TPSA) is 210 Å². The van der Waals surface area contributed by atoms with Crippen LogP contribution in [0.15, 0.2) is 60.8 Å². The van der Waals surface area contributed by atoms with Crippen LogP contribution in [-0.2, 0) is 32.7 Å². The van der Waals surface area contributed by atoms with Crippen molar-refractivity contribution in [2.24, 2.45) is 0 Å². The maximum Gasteiger partial charge on any atom is 0.472 e. The van der Waals surface area contributed by atoms with E-state index in [4.69, 9.17) is 18.5 Å². The van der Waals surface area contributed by atoms with Crippen molar-refractivity contribution in [3.05, 3.63) is 60.8 Å². The number of aliphatic hydroxyl groups excluding tert-OH is 5. The zero-order chi connectivity index (χ0) is 39.3. The smallest absolute Gasteiger partial charge is 0.462 e. The van der Waals surface area contributed by atoms with Gasteiger partial charge in [0, 0.05) is 12.8 Å². The molecule has 0 saturated heterocycles. The van der Waals surface area contributed by atoms with Gasteiger partial charge in [-0.1, -0.05) is 107 Å². The summed E-state index contributed by atoms with van der Waals surface area (Å²) in [6.07, 6.45) is 20.4. The van der Waals surface area contributed by atoms with Gasteiger partial charge in [-0.25, -0.2) is 4.57 Å². The van der Waals surface area contributed by atoms with Crippen molar-refractivity contribution < 1.29 is 63.1 Å². The molecule has 304 valence electrons. The van der Waals surface area contributed by atoms with E-state index in [0.717, 1.165) is 57.8 Å². The number of hydrogen-bond donors (Lipinski definition) is 6. The number of aliphatic hydroxyl groups is 5. The van der Waals surface area contributed by atoms with E-state index in [9.17, 15) is 44.6 Å². The molecule has 1 aliphatic rings. The van der Waals surface area contributed by atoms with E-state index >= 15 is 0 Å². The Labute approximate surface area is 315 Å². The molecule has 0 heterocycles. The lowest BCUT2D eigenvalue weighted by atomic mass is 9.85. The average molecular weight is 773 g/mol. The number of carbonyl (C=O) groups is 2. The fourth-order valence-corrected chi connectivity index (χ4v) is 6.19. The van der Waals surface area contributed by atoms with Crippen molar-refractivity contribution in [2.75, 3.05) is 13.2 Å². The van der Waals surface area contributed by atoms with Crippen LogP contribution in [-0.4, -0.2) is 98.3 Å². The van der Waals surface area contributed by atoms with Gasteiger partial charge in [-0.3, -0.25) is 18.6 Å². The Hall–Kier alpha value is -2.45. The first kappa shape index (κ1) is 48.6. The van der Waals surface area contributed by atoms with Crippen LogP contribution in [0.25, 0.3) is 0 Å². The summed E-state index contributed by atoms with van der Waals surface area (Å²) in [4.78, 5) is 35.4. The third-order valence-corrected chi connectivity index (χ3v) is 9.34. The second-order valence-corrected chi connectivity index (χ2v) is 14.4. The minimum Gasteiger partial charge on any atom is -0.462 e. The van der Waals surface area contributed by atoms with Crippen LogP contribution in [0.1, 0.15) is 117 Å². The zero-order valence-electron chi connectivity index (χ0n) is 31.5. The van der Waals surface area contributed by atoms with Gasteiger partial charge in [-0.15, -0.1) is 0 Å². The highest BCUT2D eigenvalue weighted by Crippen LogP contribution is 2.47. The molecule has 0 spiro atoms. The predicted octanol–water partition coefficient (Wildman–Crippen LogP) is 5.82. The molecule has 1 saturated carbocycles. The molecule has 14 heteroatoms. The number of hydrogen-bond acceptors (Lipinski definition) is 12. The molecule has 0 aromatic heterocycles. The lowest BCUT2D eigenvalue weighted by Crippen LogP contribution is -2.64. The fraction of sp³-hybridized carbons (Fsp3) is 0.692. The van der Waals surface area contributed by atoms with E-state index in [1.807, 2.05) is 24.3 Å². The summed E-state index contributed by atoms with van der Waals surface area (Å²) in [5.41, 5.74) is 0. The highest BCUT2D eigenvalue weighted by molar-refractivity contribution is 7.47. The maximum atomic E-state index is 12.7. The van der Waals surface area contributed by atoms with E-state index in [0.29, 0.717) is 19.3 Å². The molecule has 0 amide bonds. The highest BCUT2D eigenvalue weighted by atomic mass is 31.2. The van der Waals surface area contributed by atoms with Gasteiger partial charge < -0.3 is 39.9 Å². The number of ether oxygens (including phenoxy) is 2. The number of phosphoric acid groups is 1. The fourth-order valence-electron chi connectivity index (χ4n) is 5.22. The van der Waals surface area contributed by atoms with Crippen LogP contribution in [0.3, 0.4) is 0 Å². The minimum absolute atomic E-state index is 0.0287. The summed E-state index contributed by atoms with van der Waals surface area (Å²) in [7, 11) is -5.13. The highest BCUT2D eigenvalue weighted by Gasteiger charge is 2.51. The van der Waals surface area contributed by atoms with Gasteiger partial charge in [0.2, 0.25) is 0 Å². The average Bonchev–Trinajstić information content (AvgIpc) is 3.13. The molecule has 1 fully saturated rings. The van der Waals surface area contributed by atoms with Crippen molar-refractivity contribution in [1.29, 1.82) is 0 Å². The summed E-state index contributed by atoms with van der Waals surface area (Å²) in [5.74, 6) is -1.22. The van der Waals surface area contributed by atoms with Crippen LogP contribution < -0.4 is 0 Å². The van der Waals surface area contributed by atoms with Gasteiger partial charge >= 0.3 is 19.8 Å². The number of unbranched alkanes of at least 4 members (excludes halogenated alkanes) is 7. The lowest BCUT2D eigenvalue weighted by Gasteiger charge is -2.41. The van der Waals surface area contributed by atoms with Crippen LogP contribution in [0.2, 0.25) is 0 Å². The van der Waals surface area contributed by atoms with Crippen LogP contribution in [0.4, 0.5) is 0 Å². The zero-order valence-corrected chi connectivity index (χ0v) is 32.4. The number of phosphoric ester groups is 1. The first-order valence-electron chi connectivity index (χ1n) is 19.1. The SMILES string of the molecule is CC/C=C\C/C=C\C/C=C\C/C=C\CCC(=O)OC(COC(=O)CCCCCCC/C=C\CCCC)COP(=O)(O)OC1C(O)C(O)C(O)C(O)C1O. The number of esters is 2. The number of carbonyl (C=O) groups excluding carboxylic acids is 2. The van der Waals surface area contributed by atoms with E-state index in [2.05, 4.69) is 50.3 Å². The number of rotatable bonds is 29. The van der Waals surface area contributed by atoms with Gasteiger partial charge in [-0.2, -0.15) is 0 Å². The Morgan fingerprint density at radius 3 is 1.72 bits per heavy atom. The Morgan fingerprint density at radius 2 is 1.11 bits per heavy atom. The van der Waals surface area contributed by atoms with Gasteiger partial charge in [-0.05, 0) is 57.8 Å². The molecular weight excluding hydrogens is 707 g/mol. The Morgan fingerprint density at radius 1 is 0.604 bits per heavy atom. The van der Waals surface area contributed by atoms with Crippen molar-refractivity contribution in [3.8, 4) is 0 Å². The summed E-state index contributed by atoms with van der Waals surface area (Å²) >= 11 is 0. The first-order valence-corrected chi connectivity index (χ1v) is 20.6. The van der Waals surface area contributed by atoms with Crippen LogP contribution in [0.5, 0.6) is 0 Å². The van der Waals surface area contributed by atoms with Gasteiger partial charge in [0.15, 0.2) is 6.10 Å². The van der Waals surface area contributed by atoms with Gasteiger partial charge in [0.25, 0.3) is 0 Å². The molecule has 1 aliphatic carbocycles. The van der Waals surface area contributed by atoms with Crippen molar-refractivity contribution in [3.63, 3.8) is 0 Å². The molecule has 13 nitrogen and oxygen atoms in total. The molecule has 6 unspecified atom stereocenters. The normalized spacial score (nSPS) is 24.2. The van der Waals surface area contributed by atoms with Crippen molar-refractivity contribution in [1.82, 2.24) is 0 Å². The van der Waals surface area contributed by atoms with Gasteiger partial charge in [0.05, 0.1) is 6.61 Å². The Bertz CT molecular complexity index is 1170. The third-order valence-electron chi connectivity index (χ3n) is 8.36.